The Hall–Kier alpha value is -0.610. The molecule has 1 N–H and O–H groups in total. The molecule has 0 spiro atoms. The summed E-state index contributed by atoms with van der Waals surface area (Å²) >= 11 is 0. The van der Waals surface area contributed by atoms with E-state index in [-0.39, 0.29) is 5.91 Å². The molecule has 0 aromatic heterocycles. The van der Waals surface area contributed by atoms with Crippen molar-refractivity contribution in [2.75, 3.05) is 32.7 Å². The summed E-state index contributed by atoms with van der Waals surface area (Å²) in [6.45, 7) is 12.1. The van der Waals surface area contributed by atoms with Gasteiger partial charge in [-0.15, -0.1) is 0 Å². The van der Waals surface area contributed by atoms with E-state index in [1.54, 1.807) is 0 Å². The van der Waals surface area contributed by atoms with Crippen molar-refractivity contribution in [1.82, 2.24) is 15.1 Å². The van der Waals surface area contributed by atoms with Gasteiger partial charge < -0.3 is 10.2 Å². The highest BCUT2D eigenvalue weighted by atomic mass is 16.1. The Morgan fingerprint density at radius 1 is 1.26 bits per heavy atom. The molecule has 0 unspecified atom stereocenters. The maximum absolute atomic E-state index is 12.0. The van der Waals surface area contributed by atoms with Crippen molar-refractivity contribution in [3.63, 3.8) is 0 Å². The van der Waals surface area contributed by atoms with Crippen LogP contribution in [0.3, 0.4) is 0 Å². The molecule has 2 aliphatic rings. The summed E-state index contributed by atoms with van der Waals surface area (Å²) in [5.41, 5.74) is 0. The van der Waals surface area contributed by atoms with Gasteiger partial charge in [0.05, 0.1) is 0 Å². The minimum Gasteiger partial charge on any atom is -0.352 e. The zero-order valence-corrected chi connectivity index (χ0v) is 12.7. The third-order valence-corrected chi connectivity index (χ3v) is 4.57. The number of likely N-dealkylation sites (tertiary alicyclic amines) is 2. The van der Waals surface area contributed by atoms with Gasteiger partial charge in [-0.25, -0.2) is 0 Å². The van der Waals surface area contributed by atoms with Crippen molar-refractivity contribution in [1.29, 1.82) is 0 Å². The summed E-state index contributed by atoms with van der Waals surface area (Å²) < 4.78 is 0. The van der Waals surface area contributed by atoms with Crippen LogP contribution in [0, 0.1) is 5.92 Å². The monoisotopic (exact) mass is 267 g/mol. The standard InChI is InChI=1S/C15H29N3O/c1-12(2)18-10-13(3)14(11-18)16-15(19)6-9-17-7-4-5-8-17/h12-14H,4-11H2,1-3H3,(H,16,19)/t13-,14+/m1/s1. The fraction of sp³-hybridized carbons (Fsp3) is 0.933. The van der Waals surface area contributed by atoms with Gasteiger partial charge in [-0.05, 0) is 45.7 Å². The number of rotatable bonds is 5. The first kappa shape index (κ1) is 14.8. The summed E-state index contributed by atoms with van der Waals surface area (Å²) in [5.74, 6) is 0.799. The minimum atomic E-state index is 0.231. The Kier molecular flexibility index (Phi) is 5.22. The van der Waals surface area contributed by atoms with Crippen molar-refractivity contribution < 1.29 is 4.79 Å². The van der Waals surface area contributed by atoms with E-state index in [0.29, 0.717) is 24.4 Å². The molecule has 2 aliphatic heterocycles. The van der Waals surface area contributed by atoms with Crippen molar-refractivity contribution in [2.24, 2.45) is 5.92 Å². The first-order chi connectivity index (χ1) is 9.06. The molecule has 4 heteroatoms. The van der Waals surface area contributed by atoms with Crippen molar-refractivity contribution in [3.8, 4) is 0 Å². The van der Waals surface area contributed by atoms with Gasteiger partial charge in [0.15, 0.2) is 0 Å². The lowest BCUT2D eigenvalue weighted by atomic mass is 10.1. The highest BCUT2D eigenvalue weighted by Crippen LogP contribution is 2.18. The Morgan fingerprint density at radius 2 is 1.95 bits per heavy atom. The van der Waals surface area contributed by atoms with Gasteiger partial charge in [-0.2, -0.15) is 0 Å². The van der Waals surface area contributed by atoms with E-state index < -0.39 is 0 Å². The molecule has 0 aromatic carbocycles. The molecular formula is C15H29N3O. The second kappa shape index (κ2) is 6.71. The number of hydrogen-bond donors (Lipinski definition) is 1. The van der Waals surface area contributed by atoms with Crippen LogP contribution in [0.5, 0.6) is 0 Å². The first-order valence-corrected chi connectivity index (χ1v) is 7.82. The third-order valence-electron chi connectivity index (χ3n) is 4.57. The number of nitrogens with one attached hydrogen (secondary N) is 1. The van der Waals surface area contributed by atoms with E-state index in [9.17, 15) is 4.79 Å². The smallest absolute Gasteiger partial charge is 0.221 e. The average molecular weight is 267 g/mol. The molecule has 0 aliphatic carbocycles. The number of hydrogen-bond acceptors (Lipinski definition) is 3. The van der Waals surface area contributed by atoms with Crippen LogP contribution in [0.1, 0.15) is 40.0 Å². The molecule has 2 fully saturated rings. The Morgan fingerprint density at radius 3 is 2.53 bits per heavy atom. The fourth-order valence-corrected chi connectivity index (χ4v) is 3.16. The van der Waals surface area contributed by atoms with Gasteiger partial charge >= 0.3 is 0 Å². The number of amides is 1. The van der Waals surface area contributed by atoms with E-state index in [1.807, 2.05) is 0 Å². The van der Waals surface area contributed by atoms with Crippen LogP contribution >= 0.6 is 0 Å². The quantitative estimate of drug-likeness (QED) is 0.816. The SMILES string of the molecule is CC(C)N1C[C@@H](C)[C@@H](NC(=O)CCN2CCCC2)C1. The average Bonchev–Trinajstić information content (AvgIpc) is 2.97. The Labute approximate surface area is 117 Å². The summed E-state index contributed by atoms with van der Waals surface area (Å²) in [6.07, 6.45) is 3.25. The van der Waals surface area contributed by atoms with Crippen molar-refractivity contribution in [2.45, 2.75) is 52.1 Å². The lowest BCUT2D eigenvalue weighted by molar-refractivity contribution is -0.122. The minimum absolute atomic E-state index is 0.231. The highest BCUT2D eigenvalue weighted by molar-refractivity contribution is 5.76. The van der Waals surface area contributed by atoms with Gasteiger partial charge in [0.2, 0.25) is 5.91 Å². The lowest BCUT2D eigenvalue weighted by Crippen LogP contribution is -2.41. The molecule has 110 valence electrons. The predicted octanol–water partition coefficient (Wildman–Crippen LogP) is 1.32. The van der Waals surface area contributed by atoms with Gasteiger partial charge in [0.1, 0.15) is 0 Å². The second-order valence-electron chi connectivity index (χ2n) is 6.50. The maximum atomic E-state index is 12.0. The zero-order chi connectivity index (χ0) is 13.8. The first-order valence-electron chi connectivity index (χ1n) is 7.82. The van der Waals surface area contributed by atoms with Crippen LogP contribution in [0.4, 0.5) is 0 Å². The number of nitrogens with zero attached hydrogens (tertiary/aromatic N) is 2. The molecule has 0 bridgehead atoms. The lowest BCUT2D eigenvalue weighted by Gasteiger charge is -2.21. The number of carbonyl (C=O) groups is 1. The van der Waals surface area contributed by atoms with E-state index in [4.69, 9.17) is 0 Å². The Bertz CT molecular complexity index is 300. The molecule has 2 saturated heterocycles. The Balaban J connectivity index is 1.69. The molecule has 19 heavy (non-hydrogen) atoms. The molecular weight excluding hydrogens is 238 g/mol. The van der Waals surface area contributed by atoms with E-state index in [0.717, 1.165) is 19.6 Å². The predicted molar refractivity (Wildman–Crippen MR) is 78.1 cm³/mol. The van der Waals surface area contributed by atoms with Gasteiger partial charge in [-0.3, -0.25) is 9.69 Å². The van der Waals surface area contributed by atoms with Gasteiger partial charge in [-0.1, -0.05) is 6.92 Å². The molecule has 1 amide bonds. The van der Waals surface area contributed by atoms with Crippen molar-refractivity contribution in [3.05, 3.63) is 0 Å². The normalized spacial score (nSPS) is 29.3. The molecule has 0 saturated carbocycles. The number of carbonyl (C=O) groups excluding carboxylic acids is 1. The maximum Gasteiger partial charge on any atom is 0.221 e. The largest absolute Gasteiger partial charge is 0.352 e. The summed E-state index contributed by atoms with van der Waals surface area (Å²) in [4.78, 5) is 16.9. The molecule has 2 atom stereocenters. The third kappa shape index (κ3) is 4.18. The van der Waals surface area contributed by atoms with Gasteiger partial charge in [0, 0.05) is 38.1 Å². The summed E-state index contributed by atoms with van der Waals surface area (Å²) in [7, 11) is 0. The van der Waals surface area contributed by atoms with Crippen LogP contribution in [-0.2, 0) is 4.79 Å². The molecule has 2 heterocycles. The van der Waals surface area contributed by atoms with E-state index in [1.165, 1.54) is 25.9 Å². The molecule has 4 nitrogen and oxygen atoms in total. The molecule has 0 radical (unpaired) electrons. The van der Waals surface area contributed by atoms with Crippen molar-refractivity contribution >= 4 is 5.91 Å². The second-order valence-corrected chi connectivity index (χ2v) is 6.50. The summed E-state index contributed by atoms with van der Waals surface area (Å²) in [5, 5.41) is 3.23. The van der Waals surface area contributed by atoms with Gasteiger partial charge in [0.25, 0.3) is 0 Å². The highest BCUT2D eigenvalue weighted by Gasteiger charge is 2.31. The van der Waals surface area contributed by atoms with Crippen LogP contribution in [-0.4, -0.2) is 60.5 Å². The fourth-order valence-electron chi connectivity index (χ4n) is 3.16. The van der Waals surface area contributed by atoms with Crippen LogP contribution in [0.15, 0.2) is 0 Å². The van der Waals surface area contributed by atoms with Crippen LogP contribution < -0.4 is 5.32 Å². The zero-order valence-electron chi connectivity index (χ0n) is 12.7. The van der Waals surface area contributed by atoms with E-state index >= 15 is 0 Å². The van der Waals surface area contributed by atoms with Crippen LogP contribution in [0.25, 0.3) is 0 Å². The topological polar surface area (TPSA) is 35.6 Å². The van der Waals surface area contributed by atoms with E-state index in [2.05, 4.69) is 35.9 Å². The molecule has 0 aromatic rings. The molecule has 2 rings (SSSR count). The summed E-state index contributed by atoms with van der Waals surface area (Å²) in [6, 6.07) is 0.919. The van der Waals surface area contributed by atoms with Crippen LogP contribution in [0.2, 0.25) is 0 Å².